The quantitative estimate of drug-likeness (QED) is 0.705. The highest BCUT2D eigenvalue weighted by atomic mass is 16.2. The topological polar surface area (TPSA) is 46.2 Å². The summed E-state index contributed by atoms with van der Waals surface area (Å²) in [7, 11) is 0. The second kappa shape index (κ2) is 5.73. The highest BCUT2D eigenvalue weighted by Gasteiger charge is 2.16. The zero-order valence-electron chi connectivity index (χ0n) is 8.89. The van der Waals surface area contributed by atoms with Gasteiger partial charge in [0.15, 0.2) is 5.78 Å². The van der Waals surface area contributed by atoms with Crippen molar-refractivity contribution in [2.24, 2.45) is 5.92 Å². The smallest absolute Gasteiger partial charge is 0.223 e. The fraction of sp³-hybridized carbons (Fsp3) is 0.800. The molecule has 0 fully saturated rings. The van der Waals surface area contributed by atoms with E-state index in [4.69, 9.17) is 0 Å². The zero-order valence-corrected chi connectivity index (χ0v) is 8.89. The summed E-state index contributed by atoms with van der Waals surface area (Å²) in [4.78, 5) is 22.5. The van der Waals surface area contributed by atoms with E-state index in [2.05, 4.69) is 5.32 Å². The van der Waals surface area contributed by atoms with Gasteiger partial charge in [-0.05, 0) is 13.3 Å². The molecule has 1 N–H and O–H groups in total. The van der Waals surface area contributed by atoms with Gasteiger partial charge in [0.05, 0.1) is 6.04 Å². The first-order valence-corrected chi connectivity index (χ1v) is 4.85. The molecular formula is C10H19NO2. The number of nitrogens with one attached hydrogen (secondary N) is 1. The van der Waals surface area contributed by atoms with Crippen molar-refractivity contribution in [2.45, 2.75) is 46.6 Å². The average molecular weight is 185 g/mol. The van der Waals surface area contributed by atoms with Crippen LogP contribution in [-0.2, 0) is 9.59 Å². The number of hydrogen-bond acceptors (Lipinski definition) is 2. The van der Waals surface area contributed by atoms with Gasteiger partial charge in [-0.2, -0.15) is 0 Å². The van der Waals surface area contributed by atoms with Crippen LogP contribution in [0.3, 0.4) is 0 Å². The maximum Gasteiger partial charge on any atom is 0.223 e. The number of ketones is 1. The fourth-order valence-corrected chi connectivity index (χ4v) is 0.928. The first kappa shape index (κ1) is 12.1. The highest BCUT2D eigenvalue weighted by Crippen LogP contribution is 2.01. The molecule has 0 aliphatic rings. The van der Waals surface area contributed by atoms with Gasteiger partial charge in [0.25, 0.3) is 0 Å². The highest BCUT2D eigenvalue weighted by molar-refractivity contribution is 5.89. The van der Waals surface area contributed by atoms with Crippen LogP contribution in [0.2, 0.25) is 0 Å². The van der Waals surface area contributed by atoms with Gasteiger partial charge in [-0.3, -0.25) is 9.59 Å². The van der Waals surface area contributed by atoms with Crippen molar-refractivity contribution in [1.29, 1.82) is 0 Å². The molecule has 0 saturated heterocycles. The van der Waals surface area contributed by atoms with Crippen molar-refractivity contribution >= 4 is 11.7 Å². The summed E-state index contributed by atoms with van der Waals surface area (Å²) >= 11 is 0. The Balaban J connectivity index is 3.98. The lowest BCUT2D eigenvalue weighted by atomic mass is 10.1. The van der Waals surface area contributed by atoms with E-state index in [9.17, 15) is 9.59 Å². The molecule has 0 aromatic rings. The lowest BCUT2D eigenvalue weighted by Gasteiger charge is -2.14. The van der Waals surface area contributed by atoms with Gasteiger partial charge in [-0.15, -0.1) is 0 Å². The van der Waals surface area contributed by atoms with E-state index in [1.807, 2.05) is 13.8 Å². The van der Waals surface area contributed by atoms with Gasteiger partial charge in [0.2, 0.25) is 5.91 Å². The third-order valence-electron chi connectivity index (χ3n) is 2.25. The molecule has 2 atom stereocenters. The summed E-state index contributed by atoms with van der Waals surface area (Å²) in [5.74, 6) is 0.0422. The predicted octanol–water partition coefficient (Wildman–Crippen LogP) is 1.52. The third kappa shape index (κ3) is 4.06. The average Bonchev–Trinajstić information content (AvgIpc) is 2.14. The van der Waals surface area contributed by atoms with Gasteiger partial charge in [0, 0.05) is 12.3 Å². The second-order valence-corrected chi connectivity index (χ2v) is 3.36. The standard InChI is InChI=1S/C10H19NO2/c1-5-7(3)10(13)11-8(4)9(12)6-2/h7-8H,5-6H2,1-4H3,(H,11,13). The van der Waals surface area contributed by atoms with Gasteiger partial charge in [-0.25, -0.2) is 0 Å². The molecule has 76 valence electrons. The van der Waals surface area contributed by atoms with E-state index in [-0.39, 0.29) is 23.7 Å². The van der Waals surface area contributed by atoms with Gasteiger partial charge in [0.1, 0.15) is 0 Å². The van der Waals surface area contributed by atoms with Crippen LogP contribution in [0.5, 0.6) is 0 Å². The predicted molar refractivity (Wildman–Crippen MR) is 52.4 cm³/mol. The number of rotatable bonds is 5. The van der Waals surface area contributed by atoms with Crippen molar-refractivity contribution in [1.82, 2.24) is 5.32 Å². The van der Waals surface area contributed by atoms with E-state index < -0.39 is 0 Å². The van der Waals surface area contributed by atoms with Crippen LogP contribution in [0, 0.1) is 5.92 Å². The maximum absolute atomic E-state index is 11.3. The van der Waals surface area contributed by atoms with Crippen LogP contribution in [0.25, 0.3) is 0 Å². The van der Waals surface area contributed by atoms with Crippen LogP contribution in [-0.4, -0.2) is 17.7 Å². The van der Waals surface area contributed by atoms with Crippen LogP contribution in [0.15, 0.2) is 0 Å². The minimum atomic E-state index is -0.341. The Morgan fingerprint density at radius 2 is 1.77 bits per heavy atom. The Hall–Kier alpha value is -0.860. The summed E-state index contributed by atoms with van der Waals surface area (Å²) < 4.78 is 0. The second-order valence-electron chi connectivity index (χ2n) is 3.36. The Morgan fingerprint density at radius 3 is 2.15 bits per heavy atom. The molecule has 2 unspecified atom stereocenters. The van der Waals surface area contributed by atoms with E-state index in [0.29, 0.717) is 6.42 Å². The molecule has 0 saturated carbocycles. The number of Topliss-reactive ketones (excluding diaryl/α,β-unsaturated/α-hetero) is 1. The Morgan fingerprint density at radius 1 is 1.23 bits per heavy atom. The summed E-state index contributed by atoms with van der Waals surface area (Å²) in [5.41, 5.74) is 0. The van der Waals surface area contributed by atoms with Gasteiger partial charge < -0.3 is 5.32 Å². The Labute approximate surface area is 79.9 Å². The lowest BCUT2D eigenvalue weighted by molar-refractivity contribution is -0.129. The van der Waals surface area contributed by atoms with E-state index >= 15 is 0 Å². The molecule has 0 bridgehead atoms. The van der Waals surface area contributed by atoms with Gasteiger partial charge in [-0.1, -0.05) is 20.8 Å². The van der Waals surface area contributed by atoms with E-state index in [1.165, 1.54) is 0 Å². The fourth-order valence-electron chi connectivity index (χ4n) is 0.928. The molecule has 0 aromatic heterocycles. The number of amides is 1. The molecule has 3 heteroatoms. The minimum absolute atomic E-state index is 0.00731. The third-order valence-corrected chi connectivity index (χ3v) is 2.25. The zero-order chi connectivity index (χ0) is 10.4. The molecule has 3 nitrogen and oxygen atoms in total. The van der Waals surface area contributed by atoms with Gasteiger partial charge >= 0.3 is 0 Å². The molecule has 0 heterocycles. The molecular weight excluding hydrogens is 166 g/mol. The van der Waals surface area contributed by atoms with Crippen LogP contribution in [0.4, 0.5) is 0 Å². The van der Waals surface area contributed by atoms with Crippen molar-refractivity contribution in [3.05, 3.63) is 0 Å². The van der Waals surface area contributed by atoms with Crippen molar-refractivity contribution in [3.63, 3.8) is 0 Å². The molecule has 0 aliphatic carbocycles. The van der Waals surface area contributed by atoms with Crippen molar-refractivity contribution < 1.29 is 9.59 Å². The number of hydrogen-bond donors (Lipinski definition) is 1. The summed E-state index contributed by atoms with van der Waals surface area (Å²) in [5, 5.41) is 2.69. The molecule has 0 aliphatic heterocycles. The maximum atomic E-state index is 11.3. The Bertz CT molecular complexity index is 189. The number of carbonyl (C=O) groups excluding carboxylic acids is 2. The summed E-state index contributed by atoms with van der Waals surface area (Å²) in [6.45, 7) is 7.34. The lowest BCUT2D eigenvalue weighted by Crippen LogP contribution is -2.40. The van der Waals surface area contributed by atoms with Crippen molar-refractivity contribution in [2.75, 3.05) is 0 Å². The molecule has 13 heavy (non-hydrogen) atoms. The number of carbonyl (C=O) groups is 2. The van der Waals surface area contributed by atoms with E-state index in [0.717, 1.165) is 6.42 Å². The van der Waals surface area contributed by atoms with Crippen LogP contribution >= 0.6 is 0 Å². The summed E-state index contributed by atoms with van der Waals surface area (Å²) in [6.07, 6.45) is 1.28. The molecule has 0 aromatic carbocycles. The van der Waals surface area contributed by atoms with Crippen LogP contribution < -0.4 is 5.32 Å². The minimum Gasteiger partial charge on any atom is -0.346 e. The largest absolute Gasteiger partial charge is 0.346 e. The van der Waals surface area contributed by atoms with Crippen LogP contribution in [0.1, 0.15) is 40.5 Å². The molecule has 0 spiro atoms. The van der Waals surface area contributed by atoms with Crippen molar-refractivity contribution in [3.8, 4) is 0 Å². The molecule has 1 amide bonds. The SMILES string of the molecule is CCC(=O)C(C)NC(=O)C(C)CC. The molecule has 0 radical (unpaired) electrons. The first-order chi connectivity index (χ1) is 6.02. The normalized spacial score (nSPS) is 14.8. The summed E-state index contributed by atoms with van der Waals surface area (Å²) in [6, 6.07) is -0.341. The molecule has 0 rings (SSSR count). The first-order valence-electron chi connectivity index (χ1n) is 4.85. The monoisotopic (exact) mass is 185 g/mol. The Kier molecular flexibility index (Phi) is 5.35. The van der Waals surface area contributed by atoms with E-state index in [1.54, 1.807) is 13.8 Å².